The Hall–Kier alpha value is -2.33. The van der Waals surface area contributed by atoms with Gasteiger partial charge in [0.15, 0.2) is 0 Å². The lowest BCUT2D eigenvalue weighted by atomic mass is 9.78. The van der Waals surface area contributed by atoms with Crippen LogP contribution in [0.3, 0.4) is 0 Å². The number of halogens is 2. The van der Waals surface area contributed by atoms with Gasteiger partial charge in [-0.15, -0.1) is 12.6 Å². The van der Waals surface area contributed by atoms with Gasteiger partial charge in [-0.1, -0.05) is 42.0 Å². The number of hydrogen-bond donors (Lipinski definition) is 0. The predicted molar refractivity (Wildman–Crippen MR) is 85.3 cm³/mol. The van der Waals surface area contributed by atoms with Crippen LogP contribution in [0.15, 0.2) is 48.5 Å². The summed E-state index contributed by atoms with van der Waals surface area (Å²) < 4.78 is 75.7. The molecule has 0 heterocycles. The van der Waals surface area contributed by atoms with E-state index in [1.165, 1.54) is 24.3 Å². The van der Waals surface area contributed by atoms with Gasteiger partial charge in [0.1, 0.15) is 11.6 Å². The molecule has 0 radical (unpaired) electrons. The summed E-state index contributed by atoms with van der Waals surface area (Å²) in [7, 11) is -8.14. The molecule has 0 amide bonds. The van der Waals surface area contributed by atoms with Gasteiger partial charge in [-0.05, 0) is 35.4 Å². The summed E-state index contributed by atoms with van der Waals surface area (Å²) in [5, 5.41) is 0. The van der Waals surface area contributed by atoms with Gasteiger partial charge in [0.25, 0.3) is 0 Å². The van der Waals surface area contributed by atoms with Crippen LogP contribution in [0.1, 0.15) is 25.0 Å². The molecule has 0 bridgehead atoms. The molecule has 0 aliphatic rings. The average molecular weight is 392 g/mol. The van der Waals surface area contributed by atoms with Crippen molar-refractivity contribution in [2.75, 3.05) is 0 Å². The second kappa shape index (κ2) is 8.17. The quantitative estimate of drug-likeness (QED) is 0.743. The molecule has 2 rings (SSSR count). The first-order chi connectivity index (χ1) is 11.4. The van der Waals surface area contributed by atoms with E-state index in [2.05, 4.69) is 4.18 Å². The minimum atomic E-state index is -5.02. The molecule has 0 saturated heterocycles. The highest BCUT2D eigenvalue weighted by Gasteiger charge is 2.23. The molecule has 10 heteroatoms. The van der Waals surface area contributed by atoms with E-state index in [4.69, 9.17) is 12.6 Å². The van der Waals surface area contributed by atoms with Crippen molar-refractivity contribution in [1.29, 1.82) is 0 Å². The zero-order valence-corrected chi connectivity index (χ0v) is 14.8. The van der Waals surface area contributed by atoms with Crippen LogP contribution in [0.4, 0.5) is 8.28 Å². The minimum absolute atomic E-state index is 0.101. The Labute approximate surface area is 145 Å². The highest BCUT2D eigenvalue weighted by atomic mass is 32.3. The van der Waals surface area contributed by atoms with Crippen LogP contribution in [-0.4, -0.2) is 21.0 Å². The monoisotopic (exact) mass is 392 g/mol. The maximum Gasteiger partial charge on any atom is 0.488 e. The van der Waals surface area contributed by atoms with E-state index in [1.807, 2.05) is 13.8 Å². The van der Waals surface area contributed by atoms with Crippen LogP contribution in [0, 0.1) is 5.82 Å². The first kappa shape index (κ1) is 20.7. The molecule has 2 aromatic rings. The molecule has 0 spiro atoms. The van der Waals surface area contributed by atoms with Gasteiger partial charge in [-0.25, -0.2) is 4.39 Å². The first-order valence-corrected chi connectivity index (χ1v) is 9.00. The minimum Gasteiger partial charge on any atom is -0.358 e. The Bertz CT molecular complexity index is 913. The van der Waals surface area contributed by atoms with Crippen molar-refractivity contribution in [2.45, 2.75) is 19.3 Å². The largest absolute Gasteiger partial charge is 0.488 e. The molecule has 0 aromatic heterocycles. The topological polar surface area (TPSA) is 94.6 Å². The summed E-state index contributed by atoms with van der Waals surface area (Å²) in [5.74, 6) is -0.414. The molecule has 2 aromatic carbocycles. The maximum atomic E-state index is 13.0. The maximum absolute atomic E-state index is 13.0. The second-order valence-corrected chi connectivity index (χ2v) is 6.70. The Kier molecular flexibility index (Phi) is 6.77. The fourth-order valence-corrected chi connectivity index (χ4v) is 2.42. The van der Waals surface area contributed by atoms with Gasteiger partial charge < -0.3 is 4.18 Å². The molecule has 0 aliphatic carbocycles. The van der Waals surface area contributed by atoms with Gasteiger partial charge >= 0.3 is 21.1 Å². The van der Waals surface area contributed by atoms with E-state index < -0.39 is 26.5 Å². The normalized spacial score (nSPS) is 11.2. The smallest absolute Gasteiger partial charge is 0.358 e. The molecule has 0 aliphatic heterocycles. The number of benzene rings is 2. The van der Waals surface area contributed by atoms with E-state index >= 15 is 0 Å². The Morgan fingerprint density at radius 1 is 0.880 bits per heavy atom. The molecule has 136 valence electrons. The molecule has 0 N–H and O–H groups in total. The molecule has 0 fully saturated rings. The van der Waals surface area contributed by atoms with E-state index in [-0.39, 0.29) is 11.6 Å². The molecular formula is C15H14F2O6S2. The van der Waals surface area contributed by atoms with Crippen molar-refractivity contribution in [3.63, 3.8) is 0 Å². The van der Waals surface area contributed by atoms with Crippen molar-refractivity contribution in [3.05, 3.63) is 65.5 Å². The van der Waals surface area contributed by atoms with E-state index in [0.29, 0.717) is 0 Å². The summed E-state index contributed by atoms with van der Waals surface area (Å²) in [4.78, 5) is 0. The lowest BCUT2D eigenvalue weighted by molar-refractivity contribution is 0.440. The van der Waals surface area contributed by atoms with Gasteiger partial charge in [-0.2, -0.15) is 8.42 Å². The molecule has 25 heavy (non-hydrogen) atoms. The van der Waals surface area contributed by atoms with Crippen molar-refractivity contribution < 1.29 is 33.5 Å². The van der Waals surface area contributed by atoms with Crippen molar-refractivity contribution in [1.82, 2.24) is 0 Å². The van der Waals surface area contributed by atoms with Crippen molar-refractivity contribution in [2.24, 2.45) is 0 Å². The second-order valence-electron chi connectivity index (χ2n) is 5.34. The number of hydrogen-bond acceptors (Lipinski definition) is 6. The van der Waals surface area contributed by atoms with E-state index in [0.717, 1.165) is 11.1 Å². The van der Waals surface area contributed by atoms with Crippen LogP contribution >= 0.6 is 0 Å². The zero-order chi connectivity index (χ0) is 19.3. The third-order valence-corrected chi connectivity index (χ3v) is 3.73. The highest BCUT2D eigenvalue weighted by Crippen LogP contribution is 2.32. The van der Waals surface area contributed by atoms with Crippen molar-refractivity contribution >= 4 is 21.1 Å². The summed E-state index contributed by atoms with van der Waals surface area (Å²) in [5.41, 5.74) is 1.34. The lowest BCUT2D eigenvalue weighted by Gasteiger charge is -2.26. The van der Waals surface area contributed by atoms with E-state index in [1.54, 1.807) is 24.3 Å². The SMILES string of the molecule is CC(C)(c1ccc(F)cc1)c1ccc(OS(=O)(=O)F)cc1.O=S(=O)=O. The third kappa shape index (κ3) is 6.98. The first-order valence-electron chi connectivity index (χ1n) is 6.69. The van der Waals surface area contributed by atoms with E-state index in [9.17, 15) is 16.7 Å². The molecule has 6 nitrogen and oxygen atoms in total. The summed E-state index contributed by atoms with van der Waals surface area (Å²) in [6.45, 7) is 3.89. The van der Waals surface area contributed by atoms with Gasteiger partial charge in [0, 0.05) is 5.41 Å². The summed E-state index contributed by atoms with van der Waals surface area (Å²) in [6, 6.07) is 12.2. The number of rotatable bonds is 4. The molecule has 0 unspecified atom stereocenters. The summed E-state index contributed by atoms with van der Waals surface area (Å²) >= 11 is 0. The van der Waals surface area contributed by atoms with Gasteiger partial charge in [0.05, 0.1) is 0 Å². The predicted octanol–water partition coefficient (Wildman–Crippen LogP) is 2.74. The van der Waals surface area contributed by atoms with Crippen LogP contribution in [-0.2, 0) is 26.5 Å². The van der Waals surface area contributed by atoms with Crippen LogP contribution < -0.4 is 4.18 Å². The lowest BCUT2D eigenvalue weighted by Crippen LogP contribution is -2.18. The third-order valence-electron chi connectivity index (χ3n) is 3.34. The van der Waals surface area contributed by atoms with Gasteiger partial charge in [0.2, 0.25) is 0 Å². The van der Waals surface area contributed by atoms with Crippen molar-refractivity contribution in [3.8, 4) is 5.75 Å². The molecule has 0 saturated carbocycles. The zero-order valence-electron chi connectivity index (χ0n) is 13.1. The fraction of sp³-hybridized carbons (Fsp3) is 0.200. The van der Waals surface area contributed by atoms with Crippen LogP contribution in [0.25, 0.3) is 0 Å². The highest BCUT2D eigenvalue weighted by molar-refractivity contribution is 7.81. The Balaban J connectivity index is 0.000000705. The fourth-order valence-electron chi connectivity index (χ4n) is 2.08. The Morgan fingerprint density at radius 3 is 1.60 bits per heavy atom. The molecule has 0 atom stereocenters. The van der Waals surface area contributed by atoms with Crippen LogP contribution in [0.5, 0.6) is 5.75 Å². The van der Waals surface area contributed by atoms with Crippen LogP contribution in [0.2, 0.25) is 0 Å². The Morgan fingerprint density at radius 2 is 1.24 bits per heavy atom. The molecular weight excluding hydrogens is 378 g/mol. The standard InChI is InChI=1S/C15H14F2O3S.O3S/c1-15(2,11-3-7-13(16)8-4-11)12-5-9-14(10-6-12)20-21(17,18)19;1-4(2)3/h3-10H,1-2H3;. The summed E-state index contributed by atoms with van der Waals surface area (Å²) in [6.07, 6.45) is 0. The van der Waals surface area contributed by atoms with Gasteiger partial charge in [-0.3, -0.25) is 0 Å². The average Bonchev–Trinajstić information content (AvgIpc) is 2.46.